The fraction of sp³-hybridized carbons (Fsp3) is 0.292. The van der Waals surface area contributed by atoms with Crippen molar-refractivity contribution in [3.8, 4) is 11.5 Å². The van der Waals surface area contributed by atoms with E-state index in [1.165, 1.54) is 11.3 Å². The molecule has 1 saturated heterocycles. The number of piperazine rings is 1. The predicted molar refractivity (Wildman–Crippen MR) is 118 cm³/mol. The molecule has 0 unspecified atom stereocenters. The number of benzene rings is 2. The SMILES string of the molecule is C=CCOc1ccc(/C=C/C(=O)N2CCN(c3cccc(C)c3)CC2)cc1OC. The van der Waals surface area contributed by atoms with Crippen molar-refractivity contribution < 1.29 is 14.3 Å². The van der Waals surface area contributed by atoms with Crippen LogP contribution in [0.2, 0.25) is 0 Å². The van der Waals surface area contributed by atoms with Crippen molar-refractivity contribution in [2.75, 3.05) is 44.8 Å². The Balaban J connectivity index is 1.58. The Hall–Kier alpha value is -3.21. The molecule has 5 nitrogen and oxygen atoms in total. The normalized spacial score (nSPS) is 14.1. The van der Waals surface area contributed by atoms with Gasteiger partial charge >= 0.3 is 0 Å². The van der Waals surface area contributed by atoms with Gasteiger partial charge in [-0.2, -0.15) is 0 Å². The van der Waals surface area contributed by atoms with Crippen LogP contribution in [-0.4, -0.2) is 50.7 Å². The van der Waals surface area contributed by atoms with Gasteiger partial charge in [0, 0.05) is 37.9 Å². The Morgan fingerprint density at radius 1 is 1.10 bits per heavy atom. The summed E-state index contributed by atoms with van der Waals surface area (Å²) in [5.74, 6) is 1.32. The second kappa shape index (κ2) is 9.82. The monoisotopic (exact) mass is 392 g/mol. The third kappa shape index (κ3) is 5.41. The van der Waals surface area contributed by atoms with Crippen LogP contribution in [0.3, 0.4) is 0 Å². The molecule has 152 valence electrons. The maximum atomic E-state index is 12.6. The number of hydrogen-bond acceptors (Lipinski definition) is 4. The quantitative estimate of drug-likeness (QED) is 0.529. The lowest BCUT2D eigenvalue weighted by Gasteiger charge is -2.35. The molecule has 0 N–H and O–H groups in total. The lowest BCUT2D eigenvalue weighted by atomic mass is 10.1. The first-order valence-corrected chi connectivity index (χ1v) is 9.81. The fourth-order valence-corrected chi connectivity index (χ4v) is 3.34. The molecule has 0 aliphatic carbocycles. The molecule has 2 aromatic rings. The van der Waals surface area contributed by atoms with Gasteiger partial charge < -0.3 is 19.3 Å². The van der Waals surface area contributed by atoms with Gasteiger partial charge in [0.15, 0.2) is 11.5 Å². The highest BCUT2D eigenvalue weighted by molar-refractivity contribution is 5.92. The van der Waals surface area contributed by atoms with Crippen molar-refractivity contribution in [2.45, 2.75) is 6.92 Å². The number of hydrogen-bond donors (Lipinski definition) is 0. The third-order valence-corrected chi connectivity index (χ3v) is 4.92. The van der Waals surface area contributed by atoms with Crippen LogP contribution in [0.15, 0.2) is 61.2 Å². The summed E-state index contributed by atoms with van der Waals surface area (Å²) in [6, 6.07) is 14.1. The predicted octanol–water partition coefficient (Wildman–Crippen LogP) is 3.93. The van der Waals surface area contributed by atoms with Crippen LogP contribution in [0.1, 0.15) is 11.1 Å². The van der Waals surface area contributed by atoms with Crippen molar-refractivity contribution in [2.24, 2.45) is 0 Å². The zero-order valence-electron chi connectivity index (χ0n) is 17.1. The zero-order chi connectivity index (χ0) is 20.6. The number of methoxy groups -OCH3 is 1. The Morgan fingerprint density at radius 3 is 2.59 bits per heavy atom. The Labute approximate surface area is 172 Å². The minimum atomic E-state index is 0.0276. The average Bonchev–Trinajstić information content (AvgIpc) is 2.76. The Bertz CT molecular complexity index is 883. The molecule has 0 spiro atoms. The summed E-state index contributed by atoms with van der Waals surface area (Å²) in [6.07, 6.45) is 5.13. The smallest absolute Gasteiger partial charge is 0.246 e. The van der Waals surface area contributed by atoms with Crippen molar-refractivity contribution >= 4 is 17.7 Å². The topological polar surface area (TPSA) is 42.0 Å². The van der Waals surface area contributed by atoms with Gasteiger partial charge in [0.05, 0.1) is 7.11 Å². The molecule has 0 bridgehead atoms. The van der Waals surface area contributed by atoms with E-state index in [9.17, 15) is 4.79 Å². The van der Waals surface area contributed by atoms with Crippen LogP contribution in [0.4, 0.5) is 5.69 Å². The highest BCUT2D eigenvalue weighted by Crippen LogP contribution is 2.28. The minimum absolute atomic E-state index is 0.0276. The number of anilines is 1. The van der Waals surface area contributed by atoms with Gasteiger partial charge in [-0.1, -0.05) is 30.9 Å². The molecule has 29 heavy (non-hydrogen) atoms. The van der Waals surface area contributed by atoms with Crippen LogP contribution in [0.5, 0.6) is 11.5 Å². The lowest BCUT2D eigenvalue weighted by Crippen LogP contribution is -2.48. The van der Waals surface area contributed by atoms with E-state index in [0.717, 1.165) is 31.7 Å². The van der Waals surface area contributed by atoms with E-state index in [0.29, 0.717) is 18.1 Å². The van der Waals surface area contributed by atoms with Crippen LogP contribution in [0, 0.1) is 6.92 Å². The minimum Gasteiger partial charge on any atom is -0.493 e. The van der Waals surface area contributed by atoms with Crippen molar-refractivity contribution in [3.05, 3.63) is 72.3 Å². The summed E-state index contributed by atoms with van der Waals surface area (Å²) in [5.41, 5.74) is 3.36. The van der Waals surface area contributed by atoms with Crippen molar-refractivity contribution in [1.29, 1.82) is 0 Å². The second-order valence-electron chi connectivity index (χ2n) is 6.99. The van der Waals surface area contributed by atoms with E-state index >= 15 is 0 Å². The number of rotatable bonds is 7. The van der Waals surface area contributed by atoms with Gasteiger partial charge in [0.25, 0.3) is 0 Å². The van der Waals surface area contributed by atoms with Gasteiger partial charge in [-0.05, 0) is 48.4 Å². The van der Waals surface area contributed by atoms with Crippen LogP contribution in [-0.2, 0) is 4.79 Å². The van der Waals surface area contributed by atoms with Gasteiger partial charge in [0.1, 0.15) is 6.61 Å². The second-order valence-corrected chi connectivity index (χ2v) is 6.99. The molecule has 5 heteroatoms. The summed E-state index contributed by atoms with van der Waals surface area (Å²) >= 11 is 0. The summed E-state index contributed by atoms with van der Waals surface area (Å²) in [7, 11) is 1.60. The van der Waals surface area contributed by atoms with Crippen LogP contribution in [0.25, 0.3) is 6.08 Å². The van der Waals surface area contributed by atoms with Crippen molar-refractivity contribution in [1.82, 2.24) is 4.90 Å². The van der Waals surface area contributed by atoms with Crippen LogP contribution < -0.4 is 14.4 Å². The number of nitrogens with zero attached hydrogens (tertiary/aromatic N) is 2. The molecule has 3 rings (SSSR count). The average molecular weight is 392 g/mol. The van der Waals surface area contributed by atoms with Gasteiger partial charge in [-0.3, -0.25) is 4.79 Å². The summed E-state index contributed by atoms with van der Waals surface area (Å²) in [6.45, 7) is 9.27. The molecular weight excluding hydrogens is 364 g/mol. The van der Waals surface area contributed by atoms with E-state index in [1.54, 1.807) is 19.3 Å². The number of carbonyl (C=O) groups is 1. The zero-order valence-corrected chi connectivity index (χ0v) is 17.1. The molecule has 1 heterocycles. The number of amides is 1. The van der Waals surface area contributed by atoms with E-state index < -0.39 is 0 Å². The van der Waals surface area contributed by atoms with E-state index in [-0.39, 0.29) is 5.91 Å². The Morgan fingerprint density at radius 2 is 1.90 bits per heavy atom. The third-order valence-electron chi connectivity index (χ3n) is 4.92. The highest BCUT2D eigenvalue weighted by Gasteiger charge is 2.19. The molecular formula is C24H28N2O3. The molecule has 1 fully saturated rings. The maximum absolute atomic E-state index is 12.6. The first-order chi connectivity index (χ1) is 14.1. The summed E-state index contributed by atoms with van der Waals surface area (Å²) in [4.78, 5) is 16.8. The molecule has 1 amide bonds. The fourth-order valence-electron chi connectivity index (χ4n) is 3.34. The van der Waals surface area contributed by atoms with E-state index in [4.69, 9.17) is 9.47 Å². The first-order valence-electron chi connectivity index (χ1n) is 9.81. The molecule has 1 aliphatic heterocycles. The summed E-state index contributed by atoms with van der Waals surface area (Å²) in [5, 5.41) is 0. The van der Waals surface area contributed by atoms with Crippen molar-refractivity contribution in [3.63, 3.8) is 0 Å². The molecule has 0 atom stereocenters. The highest BCUT2D eigenvalue weighted by atomic mass is 16.5. The number of carbonyl (C=O) groups excluding carboxylic acids is 1. The molecule has 1 aliphatic rings. The summed E-state index contributed by atoms with van der Waals surface area (Å²) < 4.78 is 10.9. The molecule has 0 radical (unpaired) electrons. The van der Waals surface area contributed by atoms with E-state index in [1.807, 2.05) is 29.2 Å². The standard InChI is InChI=1S/C24H28N2O3/c1-4-16-29-22-10-8-20(18-23(22)28-3)9-11-24(27)26-14-12-25(13-15-26)21-7-5-6-19(2)17-21/h4-11,17-18H,1,12-16H2,2-3H3/b11-9+. The van der Waals surface area contributed by atoms with Gasteiger partial charge in [0.2, 0.25) is 5.91 Å². The largest absolute Gasteiger partial charge is 0.493 e. The lowest BCUT2D eigenvalue weighted by molar-refractivity contribution is -0.126. The van der Waals surface area contributed by atoms with Gasteiger partial charge in [-0.15, -0.1) is 0 Å². The van der Waals surface area contributed by atoms with Gasteiger partial charge in [-0.25, -0.2) is 0 Å². The molecule has 0 saturated carbocycles. The van der Waals surface area contributed by atoms with Crippen LogP contribution >= 0.6 is 0 Å². The molecule has 0 aromatic heterocycles. The maximum Gasteiger partial charge on any atom is 0.246 e. The molecule has 2 aromatic carbocycles. The number of aryl methyl sites for hydroxylation is 1. The number of ether oxygens (including phenoxy) is 2. The Kier molecular flexibility index (Phi) is 6.95. The van der Waals surface area contributed by atoms with E-state index in [2.05, 4.69) is 42.7 Å². The first kappa shape index (κ1) is 20.5.